The molecule has 0 saturated heterocycles. The summed E-state index contributed by atoms with van der Waals surface area (Å²) in [4.78, 5) is 37.4. The lowest BCUT2D eigenvalue weighted by Gasteiger charge is -2.29. The summed E-state index contributed by atoms with van der Waals surface area (Å²) in [6.45, 7) is 0. The average molecular weight is 961 g/mol. The summed E-state index contributed by atoms with van der Waals surface area (Å²) in [5, 5.41) is 7.93. The van der Waals surface area contributed by atoms with E-state index in [2.05, 4.69) is 10.3 Å². The highest BCUT2D eigenvalue weighted by Crippen LogP contribution is 2.52. The number of nitrogens with two attached hydrogens (primary N) is 1. The van der Waals surface area contributed by atoms with Gasteiger partial charge < -0.3 is 15.4 Å². The monoisotopic (exact) mass is 958 g/mol. The number of halogens is 10. The number of carbonyl (C=O) groups excluding carboxylic acids is 2. The number of oxime groups is 2. The Hall–Kier alpha value is -5.12. The van der Waals surface area contributed by atoms with Gasteiger partial charge in [0.05, 0.1) is 28.6 Å². The quantitative estimate of drug-likeness (QED) is 0.139. The zero-order valence-corrected chi connectivity index (χ0v) is 36.0. The molecule has 3 heterocycles. The van der Waals surface area contributed by atoms with Gasteiger partial charge in [0, 0.05) is 50.1 Å². The third-order valence-corrected chi connectivity index (χ3v) is 13.2. The van der Waals surface area contributed by atoms with Crippen LogP contribution in [0.5, 0.6) is 0 Å². The fourth-order valence-electron chi connectivity index (χ4n) is 9.05. The number of rotatable bonds is 5. The maximum atomic E-state index is 14.3. The maximum Gasteiger partial charge on any atom is 0.435 e. The molecule has 5 aromatic rings. The van der Waals surface area contributed by atoms with Crippen LogP contribution in [0.2, 0.25) is 20.1 Å². The Morgan fingerprint density at radius 2 is 1.02 bits per heavy atom. The van der Waals surface area contributed by atoms with Crippen LogP contribution in [-0.4, -0.2) is 40.5 Å². The number of hydrogen-bond acceptors (Lipinski definition) is 7. The topological polar surface area (TPSA) is 107 Å². The van der Waals surface area contributed by atoms with Gasteiger partial charge in [0.1, 0.15) is 0 Å². The molecular formula is C46H32Cl4F6N4O4. The van der Waals surface area contributed by atoms with Gasteiger partial charge in [0.25, 0.3) is 23.0 Å². The molecule has 0 radical (unpaired) electrons. The molecule has 0 fully saturated rings. The number of amides is 2. The average Bonchev–Trinajstić information content (AvgIpc) is 4.08. The van der Waals surface area contributed by atoms with Crippen LogP contribution >= 0.6 is 46.4 Å². The van der Waals surface area contributed by atoms with Gasteiger partial charge in [0.2, 0.25) is 0 Å². The second-order valence-electron chi connectivity index (χ2n) is 16.1. The molecule has 330 valence electrons. The molecule has 3 aliphatic heterocycles. The van der Waals surface area contributed by atoms with Crippen LogP contribution in [0.4, 0.5) is 26.3 Å². The molecule has 64 heavy (non-hydrogen) atoms. The summed E-state index contributed by atoms with van der Waals surface area (Å²) in [7, 11) is 0. The fraction of sp³-hybridized carbons (Fsp3) is 0.261. The Labute approximate surface area is 381 Å². The molecule has 0 spiro atoms. The highest BCUT2D eigenvalue weighted by molar-refractivity contribution is 6.35. The Morgan fingerprint density at radius 1 is 0.594 bits per heavy atom. The Kier molecular flexibility index (Phi) is 11.1. The molecule has 18 heteroatoms. The van der Waals surface area contributed by atoms with E-state index in [1.807, 2.05) is 12.1 Å². The van der Waals surface area contributed by atoms with Crippen molar-refractivity contribution in [2.45, 2.75) is 74.2 Å². The molecule has 10 rings (SSSR count). The number of aryl methyl sites for hydroxylation is 2. The van der Waals surface area contributed by atoms with E-state index in [0.29, 0.717) is 35.1 Å². The molecule has 2 aliphatic carbocycles. The van der Waals surface area contributed by atoms with E-state index >= 15 is 0 Å². The summed E-state index contributed by atoms with van der Waals surface area (Å²) >= 11 is 23.8. The van der Waals surface area contributed by atoms with Gasteiger partial charge in [0.15, 0.2) is 0 Å². The van der Waals surface area contributed by atoms with Crippen molar-refractivity contribution >= 4 is 69.6 Å². The predicted octanol–water partition coefficient (Wildman–Crippen LogP) is 12.4. The van der Waals surface area contributed by atoms with Crippen molar-refractivity contribution in [3.8, 4) is 0 Å². The lowest BCUT2D eigenvalue weighted by Crippen LogP contribution is -2.42. The van der Waals surface area contributed by atoms with Crippen molar-refractivity contribution in [2.75, 3.05) is 0 Å². The standard InChI is InChI=1S/C27H17Cl2F3N2O3.C19H15Cl2F3N2O/c28-17-10-16(11-18(29)12-17)26(27(30,31)32)13-22(33-37-26)15-5-7-19-14(9-15)6-8-23(19)34-24(35)20-3-1-2-4-21(20)25(34)36;20-13-6-12(7-14(21)8-13)18(19(22,23)24)9-17(26-27-18)11-1-3-15-10(5-11)2-4-16(15)25/h1-5,7,9-12,23H,6,8,13H2;1,3,5-8,16H,2,4,9,25H2. The van der Waals surface area contributed by atoms with Crippen molar-refractivity contribution in [2.24, 2.45) is 16.0 Å². The zero-order chi connectivity index (χ0) is 45.5. The van der Waals surface area contributed by atoms with Crippen LogP contribution in [0, 0.1) is 0 Å². The third kappa shape index (κ3) is 7.50. The van der Waals surface area contributed by atoms with E-state index in [9.17, 15) is 35.9 Å². The smallest absolute Gasteiger partial charge is 0.374 e. The first-order valence-electron chi connectivity index (χ1n) is 19.8. The summed E-state index contributed by atoms with van der Waals surface area (Å²) in [5.41, 5.74) is 6.16. The van der Waals surface area contributed by atoms with E-state index < -0.39 is 42.4 Å². The Morgan fingerprint density at radius 3 is 1.47 bits per heavy atom. The lowest BCUT2D eigenvalue weighted by atomic mass is 9.86. The van der Waals surface area contributed by atoms with Crippen LogP contribution < -0.4 is 5.73 Å². The van der Waals surface area contributed by atoms with Crippen LogP contribution in [-0.2, 0) is 33.7 Å². The van der Waals surface area contributed by atoms with Gasteiger partial charge in [-0.25, -0.2) is 0 Å². The minimum absolute atomic E-state index is 0.0290. The first-order valence-corrected chi connectivity index (χ1v) is 21.4. The number of imide groups is 1. The second-order valence-corrected chi connectivity index (χ2v) is 17.9. The van der Waals surface area contributed by atoms with Crippen LogP contribution in [0.1, 0.15) is 103 Å². The fourth-order valence-corrected chi connectivity index (χ4v) is 10.1. The van der Waals surface area contributed by atoms with E-state index in [-0.39, 0.29) is 60.5 Å². The highest BCUT2D eigenvalue weighted by Gasteiger charge is 2.63. The number of alkyl halides is 6. The van der Waals surface area contributed by atoms with Crippen LogP contribution in [0.3, 0.4) is 0 Å². The maximum absolute atomic E-state index is 14.3. The Balaban J connectivity index is 0.000000170. The van der Waals surface area contributed by atoms with Gasteiger partial charge in [-0.3, -0.25) is 14.5 Å². The molecule has 4 atom stereocenters. The van der Waals surface area contributed by atoms with E-state index in [1.165, 1.54) is 41.3 Å². The molecule has 0 aromatic heterocycles. The van der Waals surface area contributed by atoms with Gasteiger partial charge in [-0.15, -0.1) is 0 Å². The molecule has 5 aromatic carbocycles. The summed E-state index contributed by atoms with van der Waals surface area (Å²) in [6, 6.07) is 24.3. The minimum Gasteiger partial charge on any atom is -0.374 e. The third-order valence-electron chi connectivity index (χ3n) is 12.3. The largest absolute Gasteiger partial charge is 0.435 e. The summed E-state index contributed by atoms with van der Waals surface area (Å²) < 4.78 is 85.1. The van der Waals surface area contributed by atoms with E-state index in [1.54, 1.807) is 48.5 Å². The summed E-state index contributed by atoms with van der Waals surface area (Å²) in [6.07, 6.45) is -7.80. The molecule has 2 N–H and O–H groups in total. The molecular weight excluding hydrogens is 928 g/mol. The zero-order valence-electron chi connectivity index (χ0n) is 33.0. The van der Waals surface area contributed by atoms with Gasteiger partial charge in [-0.05, 0) is 120 Å². The second kappa shape index (κ2) is 16.1. The number of hydrogen-bond donors (Lipinski definition) is 1. The van der Waals surface area contributed by atoms with Crippen molar-refractivity contribution in [1.29, 1.82) is 0 Å². The van der Waals surface area contributed by atoms with Gasteiger partial charge in [-0.1, -0.05) is 93.1 Å². The predicted molar refractivity (Wildman–Crippen MR) is 229 cm³/mol. The molecule has 2 amide bonds. The van der Waals surface area contributed by atoms with E-state index in [0.717, 1.165) is 35.1 Å². The Bertz CT molecular complexity index is 2760. The van der Waals surface area contributed by atoms with Crippen molar-refractivity contribution in [3.63, 3.8) is 0 Å². The first-order chi connectivity index (χ1) is 30.3. The highest BCUT2D eigenvalue weighted by atomic mass is 35.5. The van der Waals surface area contributed by atoms with Gasteiger partial charge in [-0.2, -0.15) is 26.3 Å². The molecule has 8 nitrogen and oxygen atoms in total. The lowest BCUT2D eigenvalue weighted by molar-refractivity contribution is -0.276. The normalized spacial score (nSPS) is 23.5. The summed E-state index contributed by atoms with van der Waals surface area (Å²) in [5.74, 6) is -0.683. The van der Waals surface area contributed by atoms with Gasteiger partial charge >= 0.3 is 12.4 Å². The SMILES string of the molecule is NC1CCc2cc(C3=NOC(c4cc(Cl)cc(Cl)c4)(C(F)(F)F)C3)ccc21.O=C1c2ccccc2C(=O)N1C1CCc2cc(C3=NOC(c4cc(Cl)cc(Cl)c4)(C(F)(F)F)C3)ccc21. The van der Waals surface area contributed by atoms with Crippen LogP contribution in [0.25, 0.3) is 0 Å². The van der Waals surface area contributed by atoms with E-state index in [4.69, 9.17) is 61.8 Å². The number of benzene rings is 5. The molecule has 0 bridgehead atoms. The van der Waals surface area contributed by atoms with Crippen molar-refractivity contribution in [3.05, 3.63) is 173 Å². The van der Waals surface area contributed by atoms with Crippen molar-refractivity contribution < 1.29 is 45.6 Å². The number of fused-ring (bicyclic) bond motifs is 3. The van der Waals surface area contributed by atoms with Crippen LogP contribution in [0.15, 0.2) is 107 Å². The molecule has 4 unspecified atom stereocenters. The van der Waals surface area contributed by atoms with Crippen molar-refractivity contribution in [1.82, 2.24) is 4.90 Å². The molecule has 0 saturated carbocycles. The first kappa shape index (κ1) is 44.1. The minimum atomic E-state index is -4.79. The number of nitrogens with zero attached hydrogens (tertiary/aromatic N) is 3. The molecule has 5 aliphatic rings. The number of carbonyl (C=O) groups is 2.